The van der Waals surface area contributed by atoms with E-state index in [-0.39, 0.29) is 11.3 Å². The molecule has 1 aromatic carbocycles. The van der Waals surface area contributed by atoms with Crippen molar-refractivity contribution >= 4 is 23.3 Å². The monoisotopic (exact) mass is 347 g/mol. The lowest BCUT2D eigenvalue weighted by Crippen LogP contribution is -2.15. The molecule has 0 atom stereocenters. The van der Waals surface area contributed by atoms with E-state index in [0.717, 1.165) is 17.8 Å². The number of carbonyl (C=O) groups is 1. The maximum absolute atomic E-state index is 12.3. The molecule has 0 bridgehead atoms. The van der Waals surface area contributed by atoms with Crippen LogP contribution >= 0.6 is 11.6 Å². The number of hydrogen-bond acceptors (Lipinski definition) is 2. The molecule has 0 spiro atoms. The maximum atomic E-state index is 12.3. The number of para-hydroxylation sites is 1. The largest absolute Gasteiger partial charge is 0.311 e. The molecule has 1 aromatic heterocycles. The van der Waals surface area contributed by atoms with Gasteiger partial charge in [-0.3, -0.25) is 4.79 Å². The summed E-state index contributed by atoms with van der Waals surface area (Å²) in [6.07, 6.45) is 1.36. The molecule has 0 fully saturated rings. The number of nitrogens with zero attached hydrogens (tertiary/aromatic N) is 2. The molecule has 24 heavy (non-hydrogen) atoms. The van der Waals surface area contributed by atoms with Gasteiger partial charge < -0.3 is 5.32 Å². The van der Waals surface area contributed by atoms with Gasteiger partial charge >= 0.3 is 0 Å². The summed E-state index contributed by atoms with van der Waals surface area (Å²) >= 11 is 6.32. The van der Waals surface area contributed by atoms with Gasteiger partial charge in [0.05, 0.1) is 16.4 Å². The fraction of sp³-hybridized carbons (Fsp3) is 0.474. The first-order chi connectivity index (χ1) is 11.2. The van der Waals surface area contributed by atoms with Crippen LogP contribution in [0.4, 0.5) is 5.82 Å². The molecule has 0 unspecified atom stereocenters. The molecule has 0 aliphatic heterocycles. The number of aromatic nitrogens is 2. The van der Waals surface area contributed by atoms with Gasteiger partial charge in [-0.05, 0) is 24.5 Å². The smallest absolute Gasteiger partial charge is 0.225 e. The number of hydrogen-bond donors (Lipinski definition) is 1. The molecular formula is C19H26ClN3O. The van der Waals surface area contributed by atoms with Crippen LogP contribution in [-0.2, 0) is 10.2 Å². The molecule has 4 nitrogen and oxygen atoms in total. The molecule has 0 saturated heterocycles. The third kappa shape index (κ3) is 4.60. The first kappa shape index (κ1) is 18.5. The first-order valence-electron chi connectivity index (χ1n) is 8.34. The lowest BCUT2D eigenvalue weighted by atomic mass is 9.92. The molecule has 1 amide bonds. The molecule has 1 N–H and O–H groups in total. The quantitative estimate of drug-likeness (QED) is 0.808. The summed E-state index contributed by atoms with van der Waals surface area (Å²) in [6.45, 7) is 10.5. The van der Waals surface area contributed by atoms with Crippen LogP contribution in [-0.4, -0.2) is 15.7 Å². The van der Waals surface area contributed by atoms with Gasteiger partial charge in [0.25, 0.3) is 0 Å². The van der Waals surface area contributed by atoms with Crippen LogP contribution in [0.1, 0.15) is 53.2 Å². The Balaban J connectivity index is 2.37. The summed E-state index contributed by atoms with van der Waals surface area (Å²) < 4.78 is 1.72. The second-order valence-electron chi connectivity index (χ2n) is 7.51. The van der Waals surface area contributed by atoms with Gasteiger partial charge in [-0.1, -0.05) is 58.4 Å². The van der Waals surface area contributed by atoms with E-state index in [4.69, 9.17) is 11.6 Å². The SMILES string of the molecule is CC(C)CCC(=O)Nc1cc(C(C)(C)C)nn1-c1ccccc1Cl. The Bertz CT molecular complexity index is 714. The van der Waals surface area contributed by atoms with Crippen molar-refractivity contribution in [3.63, 3.8) is 0 Å². The molecule has 5 heteroatoms. The zero-order valence-electron chi connectivity index (χ0n) is 15.1. The third-order valence-electron chi connectivity index (χ3n) is 3.77. The summed E-state index contributed by atoms with van der Waals surface area (Å²) in [5, 5.41) is 8.26. The van der Waals surface area contributed by atoms with E-state index in [0.29, 0.717) is 23.2 Å². The van der Waals surface area contributed by atoms with Crippen LogP contribution in [0.25, 0.3) is 5.69 Å². The van der Waals surface area contributed by atoms with E-state index in [1.54, 1.807) is 4.68 Å². The minimum absolute atomic E-state index is 0.00244. The summed E-state index contributed by atoms with van der Waals surface area (Å²) in [5.41, 5.74) is 1.54. The van der Waals surface area contributed by atoms with Gasteiger partial charge in [0, 0.05) is 17.9 Å². The molecule has 1 heterocycles. The van der Waals surface area contributed by atoms with Crippen molar-refractivity contribution in [2.24, 2.45) is 5.92 Å². The predicted octanol–water partition coefficient (Wildman–Crippen LogP) is 5.20. The van der Waals surface area contributed by atoms with Crippen molar-refractivity contribution in [3.05, 3.63) is 41.0 Å². The summed E-state index contributed by atoms with van der Waals surface area (Å²) in [5.74, 6) is 1.15. The van der Waals surface area contributed by atoms with E-state index < -0.39 is 0 Å². The number of rotatable bonds is 5. The summed E-state index contributed by atoms with van der Waals surface area (Å²) in [6, 6.07) is 9.42. The predicted molar refractivity (Wildman–Crippen MR) is 100.0 cm³/mol. The molecule has 2 aromatic rings. The summed E-state index contributed by atoms with van der Waals surface area (Å²) in [7, 11) is 0. The Labute approximate surface area is 149 Å². The van der Waals surface area contributed by atoms with E-state index in [1.165, 1.54) is 0 Å². The Morgan fingerprint density at radius 1 is 1.29 bits per heavy atom. The van der Waals surface area contributed by atoms with Crippen LogP contribution in [0, 0.1) is 5.92 Å². The van der Waals surface area contributed by atoms with Crippen LogP contribution in [0.3, 0.4) is 0 Å². The van der Waals surface area contributed by atoms with E-state index in [1.807, 2.05) is 30.3 Å². The van der Waals surface area contributed by atoms with E-state index in [9.17, 15) is 4.79 Å². The Kier molecular flexibility index (Phi) is 5.70. The minimum atomic E-state index is -0.121. The number of benzene rings is 1. The molecule has 0 saturated carbocycles. The highest BCUT2D eigenvalue weighted by Crippen LogP contribution is 2.29. The number of halogens is 1. The van der Waals surface area contributed by atoms with Gasteiger partial charge in [0.15, 0.2) is 0 Å². The standard InChI is InChI=1S/C19H26ClN3O/c1-13(2)10-11-18(24)21-17-12-16(19(3,4)5)22-23(17)15-9-7-6-8-14(15)20/h6-9,12-13H,10-11H2,1-5H3,(H,21,24). The van der Waals surface area contributed by atoms with Crippen LogP contribution < -0.4 is 5.32 Å². The molecule has 2 rings (SSSR count). The van der Waals surface area contributed by atoms with Crippen molar-refractivity contribution in [1.82, 2.24) is 9.78 Å². The zero-order chi connectivity index (χ0) is 17.9. The number of amides is 1. The molecule has 0 radical (unpaired) electrons. The van der Waals surface area contributed by atoms with Gasteiger partial charge in [0.1, 0.15) is 5.82 Å². The molecular weight excluding hydrogens is 322 g/mol. The minimum Gasteiger partial charge on any atom is -0.311 e. The maximum Gasteiger partial charge on any atom is 0.225 e. The lowest BCUT2D eigenvalue weighted by Gasteiger charge is -2.14. The highest BCUT2D eigenvalue weighted by Gasteiger charge is 2.22. The fourth-order valence-corrected chi connectivity index (χ4v) is 2.48. The van der Waals surface area contributed by atoms with Crippen LogP contribution in [0.5, 0.6) is 0 Å². The first-order valence-corrected chi connectivity index (χ1v) is 8.71. The second kappa shape index (κ2) is 7.39. The number of nitrogens with one attached hydrogen (secondary N) is 1. The topological polar surface area (TPSA) is 46.9 Å². The summed E-state index contributed by atoms with van der Waals surface area (Å²) in [4.78, 5) is 12.3. The van der Waals surface area contributed by atoms with Crippen LogP contribution in [0.2, 0.25) is 5.02 Å². The van der Waals surface area contributed by atoms with Gasteiger partial charge in [-0.2, -0.15) is 5.10 Å². The Hall–Kier alpha value is -1.81. The van der Waals surface area contributed by atoms with Crippen LogP contribution in [0.15, 0.2) is 30.3 Å². The highest BCUT2D eigenvalue weighted by molar-refractivity contribution is 6.32. The Morgan fingerprint density at radius 2 is 1.96 bits per heavy atom. The Morgan fingerprint density at radius 3 is 2.54 bits per heavy atom. The highest BCUT2D eigenvalue weighted by atomic mass is 35.5. The number of carbonyl (C=O) groups excluding carboxylic acids is 1. The fourth-order valence-electron chi connectivity index (χ4n) is 2.27. The molecule has 0 aliphatic rings. The second-order valence-corrected chi connectivity index (χ2v) is 7.92. The van der Waals surface area contributed by atoms with Gasteiger partial charge in [-0.25, -0.2) is 4.68 Å². The lowest BCUT2D eigenvalue weighted by molar-refractivity contribution is -0.116. The third-order valence-corrected chi connectivity index (χ3v) is 4.09. The van der Waals surface area contributed by atoms with Crippen molar-refractivity contribution in [3.8, 4) is 5.69 Å². The van der Waals surface area contributed by atoms with Gasteiger partial charge in [0.2, 0.25) is 5.91 Å². The zero-order valence-corrected chi connectivity index (χ0v) is 15.8. The van der Waals surface area contributed by atoms with Gasteiger partial charge in [-0.15, -0.1) is 0 Å². The molecule has 130 valence electrons. The van der Waals surface area contributed by atoms with Crippen molar-refractivity contribution in [1.29, 1.82) is 0 Å². The molecule has 0 aliphatic carbocycles. The van der Waals surface area contributed by atoms with Crippen molar-refractivity contribution in [2.75, 3.05) is 5.32 Å². The van der Waals surface area contributed by atoms with E-state index in [2.05, 4.69) is 45.0 Å². The average Bonchev–Trinajstić information content (AvgIpc) is 2.89. The normalized spacial score (nSPS) is 11.8. The van der Waals surface area contributed by atoms with Crippen molar-refractivity contribution < 1.29 is 4.79 Å². The average molecular weight is 348 g/mol. The number of anilines is 1. The van der Waals surface area contributed by atoms with E-state index >= 15 is 0 Å². The van der Waals surface area contributed by atoms with Crippen molar-refractivity contribution in [2.45, 2.75) is 52.9 Å².